The number of rotatable bonds is 8. The van der Waals surface area contributed by atoms with Crippen molar-refractivity contribution >= 4 is 40.2 Å². The molecule has 6 N–H and O–H groups in total. The predicted octanol–water partition coefficient (Wildman–Crippen LogP) is 1.64. The molecule has 0 aliphatic carbocycles. The van der Waals surface area contributed by atoms with Gasteiger partial charge < -0.3 is 34.6 Å². The smallest absolute Gasteiger partial charge is 0.398 e. The molecule has 3 heterocycles. The summed E-state index contributed by atoms with van der Waals surface area (Å²) >= 11 is 0. The van der Waals surface area contributed by atoms with E-state index in [9.17, 15) is 18.6 Å². The summed E-state index contributed by atoms with van der Waals surface area (Å²) in [5, 5.41) is 0.743. The van der Waals surface area contributed by atoms with Gasteiger partial charge in [0.05, 0.1) is 12.7 Å². The highest BCUT2D eigenvalue weighted by Crippen LogP contribution is 2.66. The van der Waals surface area contributed by atoms with Gasteiger partial charge in [0.1, 0.15) is 11.9 Å². The van der Waals surface area contributed by atoms with Gasteiger partial charge in [-0.2, -0.15) is 8.62 Å². The Morgan fingerprint density at radius 2 is 1.86 bits per heavy atom. The average molecular weight is 473 g/mol. The minimum absolute atomic E-state index is 0.419. The van der Waals surface area contributed by atoms with E-state index in [1.54, 1.807) is 29.1 Å². The maximum Gasteiger partial charge on any atom is 0.490 e. The van der Waals surface area contributed by atoms with Gasteiger partial charge in [0.15, 0.2) is 0 Å². The van der Waals surface area contributed by atoms with Crippen molar-refractivity contribution in [3.63, 3.8) is 0 Å². The lowest BCUT2D eigenvalue weighted by atomic mass is 10.2. The SMILES string of the molecule is Nc1ccnc2c1ccn2[C@H]1CC[C@@H](COP(=O)(O)OP(=O)(O)OP(=O)(O)O)O1. The second-order valence-electron chi connectivity index (χ2n) is 6.04. The zero-order valence-corrected chi connectivity index (χ0v) is 17.2. The molecule has 0 aromatic carbocycles. The lowest BCUT2D eigenvalue weighted by molar-refractivity contribution is -0.0202. The van der Waals surface area contributed by atoms with Crippen molar-refractivity contribution in [3.05, 3.63) is 24.5 Å². The van der Waals surface area contributed by atoms with E-state index in [1.165, 1.54) is 0 Å². The van der Waals surface area contributed by atoms with E-state index in [2.05, 4.69) is 18.1 Å². The average Bonchev–Trinajstić information content (AvgIpc) is 3.16. The lowest BCUT2D eigenvalue weighted by Crippen LogP contribution is -2.16. The molecular formula is C12H18N3O11P3. The molecule has 0 bridgehead atoms. The van der Waals surface area contributed by atoms with Crippen LogP contribution in [0.2, 0.25) is 0 Å². The summed E-state index contributed by atoms with van der Waals surface area (Å²) in [6.07, 6.45) is 3.12. The van der Waals surface area contributed by atoms with E-state index in [-0.39, 0.29) is 0 Å². The summed E-state index contributed by atoms with van der Waals surface area (Å²) in [6.45, 7) is -0.491. The highest BCUT2D eigenvalue weighted by Gasteiger charge is 2.41. The summed E-state index contributed by atoms with van der Waals surface area (Å²) in [7, 11) is -16.2. The van der Waals surface area contributed by atoms with Crippen LogP contribution in [0, 0.1) is 0 Å². The van der Waals surface area contributed by atoms with Crippen LogP contribution in [0.15, 0.2) is 24.5 Å². The summed E-state index contributed by atoms with van der Waals surface area (Å²) in [6, 6.07) is 3.44. The van der Waals surface area contributed by atoms with Crippen LogP contribution in [0.1, 0.15) is 19.1 Å². The van der Waals surface area contributed by atoms with Crippen LogP contribution < -0.4 is 5.73 Å². The minimum atomic E-state index is -5.55. The van der Waals surface area contributed by atoms with Crippen molar-refractivity contribution in [1.29, 1.82) is 0 Å². The first-order valence-electron chi connectivity index (χ1n) is 8.00. The number of phosphoric ester groups is 1. The number of nitrogens with two attached hydrogens (primary N) is 1. The number of hydrogen-bond donors (Lipinski definition) is 5. The molecule has 2 aromatic heterocycles. The van der Waals surface area contributed by atoms with Crippen molar-refractivity contribution in [1.82, 2.24) is 9.55 Å². The number of nitrogen functional groups attached to an aromatic ring is 1. The van der Waals surface area contributed by atoms with Crippen molar-refractivity contribution in [2.45, 2.75) is 25.2 Å². The highest BCUT2D eigenvalue weighted by molar-refractivity contribution is 7.66. The Morgan fingerprint density at radius 3 is 2.55 bits per heavy atom. The molecule has 0 saturated carbocycles. The molecule has 14 nitrogen and oxygen atoms in total. The van der Waals surface area contributed by atoms with Gasteiger partial charge >= 0.3 is 23.5 Å². The van der Waals surface area contributed by atoms with Gasteiger partial charge in [0.2, 0.25) is 0 Å². The summed E-state index contributed by atoms with van der Waals surface area (Å²) in [5.74, 6) is 0. The first-order chi connectivity index (χ1) is 13.4. The molecule has 1 aliphatic rings. The molecule has 17 heteroatoms. The van der Waals surface area contributed by atoms with Crippen molar-refractivity contribution < 1.29 is 51.2 Å². The second-order valence-corrected chi connectivity index (χ2v) is 10.5. The predicted molar refractivity (Wildman–Crippen MR) is 97.1 cm³/mol. The monoisotopic (exact) mass is 473 g/mol. The molecule has 29 heavy (non-hydrogen) atoms. The third-order valence-corrected chi connectivity index (χ3v) is 7.69. The largest absolute Gasteiger partial charge is 0.490 e. The fourth-order valence-electron chi connectivity index (χ4n) is 2.81. The minimum Gasteiger partial charge on any atom is -0.398 e. The maximum atomic E-state index is 11.8. The van der Waals surface area contributed by atoms with Crippen LogP contribution in [0.5, 0.6) is 0 Å². The number of nitrogens with zero attached hydrogens (tertiary/aromatic N) is 2. The van der Waals surface area contributed by atoms with Gasteiger partial charge in [-0.15, -0.1) is 0 Å². The number of phosphoric acid groups is 3. The van der Waals surface area contributed by atoms with Gasteiger partial charge in [-0.3, -0.25) is 4.52 Å². The zero-order valence-electron chi connectivity index (χ0n) is 14.5. The van der Waals surface area contributed by atoms with Gasteiger partial charge in [-0.1, -0.05) is 0 Å². The molecule has 0 amide bonds. The van der Waals surface area contributed by atoms with Crippen molar-refractivity contribution in [2.75, 3.05) is 12.3 Å². The molecule has 1 saturated heterocycles. The molecule has 1 aliphatic heterocycles. The first-order valence-corrected chi connectivity index (χ1v) is 12.5. The quantitative estimate of drug-likeness (QED) is 0.345. The van der Waals surface area contributed by atoms with Crippen LogP contribution in [0.4, 0.5) is 5.69 Å². The molecule has 2 aromatic rings. The lowest BCUT2D eigenvalue weighted by Gasteiger charge is -2.19. The molecule has 4 atom stereocenters. The molecule has 1 fully saturated rings. The zero-order chi connectivity index (χ0) is 21.4. The molecule has 0 radical (unpaired) electrons. The Morgan fingerprint density at radius 1 is 1.14 bits per heavy atom. The van der Waals surface area contributed by atoms with Crippen LogP contribution in [0.25, 0.3) is 11.0 Å². The normalized spacial score (nSPS) is 24.4. The van der Waals surface area contributed by atoms with Gasteiger partial charge in [0, 0.05) is 23.5 Å². The Bertz CT molecular complexity index is 1040. The topological polar surface area (TPSA) is 213 Å². The standard InChI is InChI=1S/C12H18N3O11P3/c13-10-3-5-14-12-9(10)4-6-15(12)11-2-1-8(24-11)7-23-28(19,20)26-29(21,22)25-27(16,17)18/h3-6,8,11H,1-2,7H2,(H2,13,14)(H,19,20)(H,21,22)(H2,16,17,18)/t8-,11+/m0/s1. The van der Waals surface area contributed by atoms with Crippen LogP contribution in [0.3, 0.4) is 0 Å². The number of aromatic nitrogens is 2. The summed E-state index contributed by atoms with van der Waals surface area (Å²) in [4.78, 5) is 39.9. The van der Waals surface area contributed by atoms with Crippen LogP contribution >= 0.6 is 23.5 Å². The van der Waals surface area contributed by atoms with E-state index in [0.29, 0.717) is 24.2 Å². The Labute approximate surface area is 163 Å². The number of ether oxygens (including phenoxy) is 1. The highest BCUT2D eigenvalue weighted by atomic mass is 31.3. The summed E-state index contributed by atoms with van der Waals surface area (Å²) in [5.41, 5.74) is 7.04. The van der Waals surface area contributed by atoms with Gasteiger partial charge in [0.25, 0.3) is 0 Å². The number of anilines is 1. The fraction of sp³-hybridized carbons (Fsp3) is 0.417. The third-order valence-electron chi connectivity index (χ3n) is 3.88. The molecular weight excluding hydrogens is 455 g/mol. The van der Waals surface area contributed by atoms with E-state index < -0.39 is 42.4 Å². The van der Waals surface area contributed by atoms with E-state index in [4.69, 9.17) is 25.2 Å². The summed E-state index contributed by atoms with van der Waals surface area (Å²) < 4.78 is 53.0. The fourth-order valence-corrected chi connectivity index (χ4v) is 5.85. The Hall–Kier alpha value is -1.14. The van der Waals surface area contributed by atoms with Gasteiger partial charge in [-0.05, 0) is 25.0 Å². The third kappa shape index (κ3) is 5.94. The van der Waals surface area contributed by atoms with Crippen molar-refractivity contribution in [2.24, 2.45) is 0 Å². The number of pyridine rings is 1. The maximum absolute atomic E-state index is 11.8. The van der Waals surface area contributed by atoms with E-state index >= 15 is 0 Å². The van der Waals surface area contributed by atoms with Gasteiger partial charge in [-0.25, -0.2) is 18.7 Å². The Kier molecular flexibility index (Phi) is 6.36. The van der Waals surface area contributed by atoms with E-state index in [1.807, 2.05) is 0 Å². The Balaban J connectivity index is 1.58. The second kappa shape index (κ2) is 8.18. The van der Waals surface area contributed by atoms with Crippen LogP contribution in [-0.2, 0) is 31.6 Å². The number of hydrogen-bond acceptors (Lipinski definition) is 9. The first kappa shape index (κ1) is 22.5. The molecule has 162 valence electrons. The van der Waals surface area contributed by atoms with E-state index in [0.717, 1.165) is 5.39 Å². The number of fused-ring (bicyclic) bond motifs is 1. The van der Waals surface area contributed by atoms with Crippen molar-refractivity contribution in [3.8, 4) is 0 Å². The van der Waals surface area contributed by atoms with Crippen LogP contribution in [-0.4, -0.2) is 41.8 Å². The molecule has 0 spiro atoms. The molecule has 3 rings (SSSR count). The molecule has 2 unspecified atom stereocenters.